The number of piperidine rings is 1. The quantitative estimate of drug-likeness (QED) is 0.885. The predicted octanol–water partition coefficient (Wildman–Crippen LogP) is 1.87. The van der Waals surface area contributed by atoms with Gasteiger partial charge in [0.25, 0.3) is 0 Å². The highest BCUT2D eigenvalue weighted by molar-refractivity contribution is 7.99. The first-order valence-electron chi connectivity index (χ1n) is 6.74. The molecular weight excluding hydrogens is 244 g/mol. The van der Waals surface area contributed by atoms with E-state index in [0.29, 0.717) is 0 Å². The molecule has 1 N–H and O–H groups in total. The first-order valence-corrected chi connectivity index (χ1v) is 7.89. The van der Waals surface area contributed by atoms with Crippen LogP contribution in [0.3, 0.4) is 0 Å². The van der Waals surface area contributed by atoms with Crippen molar-refractivity contribution in [3.05, 3.63) is 30.1 Å². The van der Waals surface area contributed by atoms with Gasteiger partial charge in [0.1, 0.15) is 5.60 Å². The molecule has 0 amide bonds. The summed E-state index contributed by atoms with van der Waals surface area (Å²) in [6, 6.07) is 6.54. The van der Waals surface area contributed by atoms with Crippen LogP contribution in [-0.4, -0.2) is 45.6 Å². The van der Waals surface area contributed by atoms with Crippen LogP contribution in [-0.2, 0) is 5.60 Å². The zero-order valence-corrected chi connectivity index (χ0v) is 11.4. The molecule has 3 rings (SSSR count). The highest BCUT2D eigenvalue weighted by Crippen LogP contribution is 2.34. The molecule has 2 saturated heterocycles. The van der Waals surface area contributed by atoms with Crippen molar-refractivity contribution in [2.24, 2.45) is 0 Å². The lowest BCUT2D eigenvalue weighted by molar-refractivity contribution is -0.0364. The standard InChI is InChI=1S/C14H20N2OS/c17-14(13-3-1-2-7-15-13)5-8-16(9-6-14)12-4-10-18-11-12/h1-3,7,12,17H,4-6,8-11H2. The highest BCUT2D eigenvalue weighted by atomic mass is 32.2. The van der Waals surface area contributed by atoms with Gasteiger partial charge in [-0.05, 0) is 37.1 Å². The molecule has 0 radical (unpaired) electrons. The fourth-order valence-electron chi connectivity index (χ4n) is 2.96. The van der Waals surface area contributed by atoms with Gasteiger partial charge in [-0.3, -0.25) is 9.88 Å². The van der Waals surface area contributed by atoms with E-state index in [-0.39, 0.29) is 0 Å². The molecule has 0 saturated carbocycles. The highest BCUT2D eigenvalue weighted by Gasteiger charge is 2.37. The number of thioether (sulfide) groups is 1. The van der Waals surface area contributed by atoms with Gasteiger partial charge in [0.05, 0.1) is 5.69 Å². The second kappa shape index (κ2) is 5.19. The van der Waals surface area contributed by atoms with Gasteiger partial charge in [-0.15, -0.1) is 0 Å². The minimum Gasteiger partial charge on any atom is -0.383 e. The molecule has 2 fully saturated rings. The Kier molecular flexibility index (Phi) is 3.59. The lowest BCUT2D eigenvalue weighted by Gasteiger charge is -2.40. The summed E-state index contributed by atoms with van der Waals surface area (Å²) in [5, 5.41) is 10.7. The van der Waals surface area contributed by atoms with Crippen LogP contribution in [0.5, 0.6) is 0 Å². The SMILES string of the molecule is OC1(c2ccccn2)CCN(C2CCSC2)CC1. The molecule has 3 nitrogen and oxygen atoms in total. The third-order valence-electron chi connectivity index (χ3n) is 4.19. The molecule has 0 aromatic carbocycles. The fourth-order valence-corrected chi connectivity index (χ4v) is 4.22. The molecule has 1 unspecified atom stereocenters. The number of hydrogen-bond donors (Lipinski definition) is 1. The Morgan fingerprint density at radius 3 is 2.78 bits per heavy atom. The minimum absolute atomic E-state index is 0.705. The van der Waals surface area contributed by atoms with E-state index in [0.717, 1.165) is 37.7 Å². The Hall–Kier alpha value is -0.580. The van der Waals surface area contributed by atoms with Gasteiger partial charge in [0.15, 0.2) is 0 Å². The normalized spacial score (nSPS) is 28.4. The van der Waals surface area contributed by atoms with E-state index >= 15 is 0 Å². The topological polar surface area (TPSA) is 36.4 Å². The average Bonchev–Trinajstić information content (AvgIpc) is 2.95. The summed E-state index contributed by atoms with van der Waals surface area (Å²) in [4.78, 5) is 6.88. The molecular formula is C14H20N2OS. The van der Waals surface area contributed by atoms with Gasteiger partial charge < -0.3 is 5.11 Å². The number of hydrogen-bond acceptors (Lipinski definition) is 4. The van der Waals surface area contributed by atoms with Gasteiger partial charge in [-0.2, -0.15) is 11.8 Å². The number of likely N-dealkylation sites (tertiary alicyclic amines) is 1. The predicted molar refractivity (Wildman–Crippen MR) is 74.7 cm³/mol. The summed E-state index contributed by atoms with van der Waals surface area (Å²) < 4.78 is 0. The van der Waals surface area contributed by atoms with Crippen LogP contribution in [0.25, 0.3) is 0 Å². The Balaban J connectivity index is 1.65. The first-order chi connectivity index (χ1) is 8.78. The van der Waals surface area contributed by atoms with Crippen LogP contribution in [0, 0.1) is 0 Å². The van der Waals surface area contributed by atoms with E-state index in [9.17, 15) is 5.11 Å². The summed E-state index contributed by atoms with van der Waals surface area (Å²) in [5.41, 5.74) is 0.134. The minimum atomic E-state index is -0.705. The molecule has 18 heavy (non-hydrogen) atoms. The lowest BCUT2D eigenvalue weighted by Crippen LogP contribution is -2.47. The molecule has 0 bridgehead atoms. The molecule has 4 heteroatoms. The van der Waals surface area contributed by atoms with Crippen molar-refractivity contribution in [1.82, 2.24) is 9.88 Å². The van der Waals surface area contributed by atoms with E-state index in [1.54, 1.807) is 6.20 Å². The third-order valence-corrected chi connectivity index (χ3v) is 5.33. The van der Waals surface area contributed by atoms with Crippen molar-refractivity contribution in [3.63, 3.8) is 0 Å². The number of rotatable bonds is 2. The van der Waals surface area contributed by atoms with Crippen LogP contribution in [0.1, 0.15) is 25.0 Å². The molecule has 2 aliphatic heterocycles. The van der Waals surface area contributed by atoms with Gasteiger partial charge in [-0.25, -0.2) is 0 Å². The van der Waals surface area contributed by atoms with Crippen molar-refractivity contribution in [2.45, 2.75) is 30.9 Å². The molecule has 0 aliphatic carbocycles. The number of aromatic nitrogens is 1. The fraction of sp³-hybridized carbons (Fsp3) is 0.643. The molecule has 1 aromatic rings. The van der Waals surface area contributed by atoms with E-state index < -0.39 is 5.60 Å². The van der Waals surface area contributed by atoms with Gasteiger partial charge in [0, 0.05) is 31.1 Å². The summed E-state index contributed by atoms with van der Waals surface area (Å²) in [6.45, 7) is 2.00. The van der Waals surface area contributed by atoms with Crippen molar-refractivity contribution in [3.8, 4) is 0 Å². The zero-order valence-electron chi connectivity index (χ0n) is 10.6. The van der Waals surface area contributed by atoms with E-state index in [2.05, 4.69) is 21.6 Å². The second-order valence-electron chi connectivity index (χ2n) is 5.30. The lowest BCUT2D eigenvalue weighted by atomic mass is 9.87. The summed E-state index contributed by atoms with van der Waals surface area (Å²) in [6.07, 6.45) is 4.70. The van der Waals surface area contributed by atoms with Crippen molar-refractivity contribution in [2.75, 3.05) is 24.6 Å². The summed E-state index contributed by atoms with van der Waals surface area (Å²) in [5.74, 6) is 2.56. The molecule has 1 aromatic heterocycles. The monoisotopic (exact) mass is 264 g/mol. The van der Waals surface area contributed by atoms with Gasteiger partial charge in [-0.1, -0.05) is 6.07 Å². The Bertz CT molecular complexity index is 384. The van der Waals surface area contributed by atoms with E-state index in [1.165, 1.54) is 17.9 Å². The Morgan fingerprint density at radius 1 is 1.33 bits per heavy atom. The summed E-state index contributed by atoms with van der Waals surface area (Å²) in [7, 11) is 0. The maximum absolute atomic E-state index is 10.7. The van der Waals surface area contributed by atoms with Crippen LogP contribution in [0.4, 0.5) is 0 Å². The van der Waals surface area contributed by atoms with E-state index in [1.807, 2.05) is 18.2 Å². The average molecular weight is 264 g/mol. The summed E-state index contributed by atoms with van der Waals surface area (Å²) >= 11 is 2.06. The molecule has 1 atom stereocenters. The second-order valence-corrected chi connectivity index (χ2v) is 6.45. The van der Waals surface area contributed by atoms with Crippen LogP contribution in [0.15, 0.2) is 24.4 Å². The van der Waals surface area contributed by atoms with Crippen molar-refractivity contribution in [1.29, 1.82) is 0 Å². The zero-order chi connectivity index (χ0) is 12.4. The van der Waals surface area contributed by atoms with Crippen LogP contribution < -0.4 is 0 Å². The van der Waals surface area contributed by atoms with Crippen LogP contribution in [0.2, 0.25) is 0 Å². The Labute approximate surface area is 113 Å². The van der Waals surface area contributed by atoms with Gasteiger partial charge >= 0.3 is 0 Å². The maximum atomic E-state index is 10.7. The number of nitrogens with zero attached hydrogens (tertiary/aromatic N) is 2. The number of aliphatic hydroxyl groups is 1. The molecule has 3 heterocycles. The molecule has 98 valence electrons. The third kappa shape index (κ3) is 2.42. The van der Waals surface area contributed by atoms with Crippen molar-refractivity contribution >= 4 is 11.8 Å². The Morgan fingerprint density at radius 2 is 2.17 bits per heavy atom. The largest absolute Gasteiger partial charge is 0.383 e. The maximum Gasteiger partial charge on any atom is 0.109 e. The van der Waals surface area contributed by atoms with Gasteiger partial charge in [0.2, 0.25) is 0 Å². The molecule has 0 spiro atoms. The van der Waals surface area contributed by atoms with E-state index in [4.69, 9.17) is 0 Å². The number of pyridine rings is 1. The molecule has 2 aliphatic rings. The first kappa shape index (κ1) is 12.5. The smallest absolute Gasteiger partial charge is 0.109 e. The van der Waals surface area contributed by atoms with Crippen molar-refractivity contribution < 1.29 is 5.11 Å². The van der Waals surface area contributed by atoms with Crippen LogP contribution >= 0.6 is 11.8 Å².